The summed E-state index contributed by atoms with van der Waals surface area (Å²) in [5.41, 5.74) is -1.91. The van der Waals surface area contributed by atoms with Crippen molar-refractivity contribution in [2.75, 3.05) is 0 Å². The van der Waals surface area contributed by atoms with Crippen LogP contribution in [0.5, 0.6) is 11.5 Å². The molecule has 0 saturated carbocycles. The molecule has 0 amide bonds. The highest BCUT2D eigenvalue weighted by Gasteiger charge is 2.33. The monoisotopic (exact) mass is 398 g/mol. The molecule has 2 aromatic carbocycles. The standard InChI is InChI=1S/C18H14F8O/c1-5(2)7-9(19)13(23)17(14(24)10(7)20)27-18-15(25)11(21)8(6(3)4)12(22)16(18)26/h5-6H,1-4H3. The highest BCUT2D eigenvalue weighted by Crippen LogP contribution is 2.40. The molecule has 148 valence electrons. The third-order valence-electron chi connectivity index (χ3n) is 3.87. The molecule has 0 aromatic heterocycles. The van der Waals surface area contributed by atoms with Crippen LogP contribution in [0.2, 0.25) is 0 Å². The average Bonchev–Trinajstić information content (AvgIpc) is 2.57. The van der Waals surface area contributed by atoms with Crippen LogP contribution in [-0.4, -0.2) is 0 Å². The van der Waals surface area contributed by atoms with E-state index in [-0.39, 0.29) is 0 Å². The molecular formula is C18H14F8O. The Morgan fingerprint density at radius 3 is 0.852 bits per heavy atom. The highest BCUT2D eigenvalue weighted by molar-refractivity contribution is 5.42. The maximum Gasteiger partial charge on any atom is 0.205 e. The summed E-state index contributed by atoms with van der Waals surface area (Å²) < 4.78 is 117. The zero-order chi connectivity index (χ0) is 20.8. The van der Waals surface area contributed by atoms with Crippen LogP contribution in [0.1, 0.15) is 50.7 Å². The largest absolute Gasteiger partial charge is 0.444 e. The molecule has 0 heterocycles. The summed E-state index contributed by atoms with van der Waals surface area (Å²) in [7, 11) is 0. The molecule has 0 unspecified atom stereocenters. The molecule has 0 aliphatic rings. The van der Waals surface area contributed by atoms with Gasteiger partial charge in [0.1, 0.15) is 0 Å². The van der Waals surface area contributed by atoms with Gasteiger partial charge < -0.3 is 4.74 Å². The lowest BCUT2D eigenvalue weighted by Gasteiger charge is -2.17. The second kappa shape index (κ2) is 7.36. The van der Waals surface area contributed by atoms with Crippen molar-refractivity contribution < 1.29 is 39.9 Å². The fourth-order valence-corrected chi connectivity index (χ4v) is 2.55. The molecule has 9 heteroatoms. The summed E-state index contributed by atoms with van der Waals surface area (Å²) in [6.45, 7) is 4.98. The minimum atomic E-state index is -2.09. The van der Waals surface area contributed by atoms with Crippen molar-refractivity contribution in [1.29, 1.82) is 0 Å². The molecule has 1 nitrogen and oxygen atoms in total. The second-order valence-corrected chi connectivity index (χ2v) is 6.41. The Morgan fingerprint density at radius 1 is 0.444 bits per heavy atom. The molecule has 0 aliphatic heterocycles. The Morgan fingerprint density at radius 2 is 0.667 bits per heavy atom. The summed E-state index contributed by atoms with van der Waals surface area (Å²) >= 11 is 0. The molecule has 0 fully saturated rings. The van der Waals surface area contributed by atoms with Gasteiger partial charge in [-0.15, -0.1) is 0 Å². The number of benzene rings is 2. The molecule has 0 N–H and O–H groups in total. The van der Waals surface area contributed by atoms with Crippen LogP contribution in [0, 0.1) is 46.5 Å². The first-order valence-electron chi connectivity index (χ1n) is 7.81. The van der Waals surface area contributed by atoms with E-state index in [0.29, 0.717) is 0 Å². The van der Waals surface area contributed by atoms with Gasteiger partial charge in [0, 0.05) is 11.1 Å². The van der Waals surface area contributed by atoms with Crippen molar-refractivity contribution in [1.82, 2.24) is 0 Å². The van der Waals surface area contributed by atoms with Crippen molar-refractivity contribution in [2.24, 2.45) is 0 Å². The van der Waals surface area contributed by atoms with E-state index in [0.717, 1.165) is 0 Å². The molecular weight excluding hydrogens is 384 g/mol. The number of hydrogen-bond donors (Lipinski definition) is 0. The number of ether oxygens (including phenoxy) is 1. The number of halogens is 8. The van der Waals surface area contributed by atoms with Gasteiger partial charge in [-0.2, -0.15) is 17.6 Å². The van der Waals surface area contributed by atoms with E-state index in [1.807, 2.05) is 0 Å². The summed E-state index contributed by atoms with van der Waals surface area (Å²) in [6, 6.07) is 0. The van der Waals surface area contributed by atoms with Crippen LogP contribution in [0.25, 0.3) is 0 Å². The lowest BCUT2D eigenvalue weighted by atomic mass is 10.0. The fraction of sp³-hybridized carbons (Fsp3) is 0.333. The summed E-state index contributed by atoms with van der Waals surface area (Å²) in [6.07, 6.45) is 0. The Hall–Kier alpha value is -2.32. The average molecular weight is 398 g/mol. The SMILES string of the molecule is CC(C)c1c(F)c(F)c(Oc2c(F)c(F)c(C(C)C)c(F)c2F)c(F)c1F. The molecule has 27 heavy (non-hydrogen) atoms. The van der Waals surface area contributed by atoms with Crippen molar-refractivity contribution >= 4 is 0 Å². The molecule has 2 aromatic rings. The van der Waals surface area contributed by atoms with E-state index in [4.69, 9.17) is 0 Å². The van der Waals surface area contributed by atoms with Gasteiger partial charge in [-0.3, -0.25) is 0 Å². The third-order valence-corrected chi connectivity index (χ3v) is 3.87. The maximum absolute atomic E-state index is 14.1. The molecule has 0 bridgehead atoms. The molecule has 0 atom stereocenters. The van der Waals surface area contributed by atoms with Gasteiger partial charge in [-0.1, -0.05) is 27.7 Å². The Bertz CT molecular complexity index is 774. The quantitative estimate of drug-likeness (QED) is 0.405. The Labute approximate surface area is 149 Å². The van der Waals surface area contributed by atoms with E-state index in [1.54, 1.807) is 0 Å². The van der Waals surface area contributed by atoms with Gasteiger partial charge in [-0.05, 0) is 11.8 Å². The maximum atomic E-state index is 14.1. The van der Waals surface area contributed by atoms with E-state index >= 15 is 0 Å². The van der Waals surface area contributed by atoms with Gasteiger partial charge in [0.2, 0.25) is 34.8 Å². The molecule has 2 rings (SSSR count). The van der Waals surface area contributed by atoms with E-state index in [9.17, 15) is 35.1 Å². The normalized spacial score (nSPS) is 11.6. The lowest BCUT2D eigenvalue weighted by molar-refractivity contribution is 0.317. The van der Waals surface area contributed by atoms with Gasteiger partial charge in [-0.25, -0.2) is 17.6 Å². The van der Waals surface area contributed by atoms with Gasteiger partial charge in [0.05, 0.1) is 0 Å². The van der Waals surface area contributed by atoms with Crippen LogP contribution < -0.4 is 4.74 Å². The minimum Gasteiger partial charge on any atom is -0.444 e. The third kappa shape index (κ3) is 3.35. The first-order valence-corrected chi connectivity index (χ1v) is 7.81. The topological polar surface area (TPSA) is 9.23 Å². The second-order valence-electron chi connectivity index (χ2n) is 6.41. The van der Waals surface area contributed by atoms with Crippen molar-refractivity contribution in [3.8, 4) is 11.5 Å². The number of rotatable bonds is 4. The smallest absolute Gasteiger partial charge is 0.205 e. The van der Waals surface area contributed by atoms with Crippen LogP contribution >= 0.6 is 0 Å². The van der Waals surface area contributed by atoms with E-state index in [1.165, 1.54) is 27.7 Å². The number of hydrogen-bond acceptors (Lipinski definition) is 1. The van der Waals surface area contributed by atoms with E-state index < -0.39 is 81.0 Å². The van der Waals surface area contributed by atoms with Gasteiger partial charge in [0.15, 0.2) is 23.3 Å². The van der Waals surface area contributed by atoms with Crippen molar-refractivity contribution in [2.45, 2.75) is 39.5 Å². The lowest BCUT2D eigenvalue weighted by Crippen LogP contribution is -2.11. The van der Waals surface area contributed by atoms with Crippen molar-refractivity contribution in [3.63, 3.8) is 0 Å². The van der Waals surface area contributed by atoms with Crippen LogP contribution in [0.4, 0.5) is 35.1 Å². The molecule has 0 aliphatic carbocycles. The summed E-state index contributed by atoms with van der Waals surface area (Å²) in [4.78, 5) is 0. The van der Waals surface area contributed by atoms with Gasteiger partial charge in [0.25, 0.3) is 0 Å². The summed E-state index contributed by atoms with van der Waals surface area (Å²) in [5, 5.41) is 0. The zero-order valence-electron chi connectivity index (χ0n) is 14.6. The van der Waals surface area contributed by atoms with Crippen LogP contribution in [0.15, 0.2) is 0 Å². The zero-order valence-corrected chi connectivity index (χ0v) is 14.6. The predicted octanol–water partition coefficient (Wildman–Crippen LogP) is 6.84. The van der Waals surface area contributed by atoms with Crippen LogP contribution in [0.3, 0.4) is 0 Å². The summed E-state index contributed by atoms with van der Waals surface area (Å²) in [5.74, 6) is -21.4. The Balaban J connectivity index is 2.73. The van der Waals surface area contributed by atoms with E-state index in [2.05, 4.69) is 4.74 Å². The van der Waals surface area contributed by atoms with Gasteiger partial charge >= 0.3 is 0 Å². The Kier molecular flexibility index (Phi) is 5.72. The van der Waals surface area contributed by atoms with Crippen molar-refractivity contribution in [3.05, 3.63) is 57.7 Å². The highest BCUT2D eigenvalue weighted by atomic mass is 19.2. The first-order chi connectivity index (χ1) is 12.4. The minimum absolute atomic E-state index is 0.953. The fourth-order valence-electron chi connectivity index (χ4n) is 2.55. The predicted molar refractivity (Wildman–Crippen MR) is 80.8 cm³/mol. The molecule has 0 spiro atoms. The first kappa shape index (κ1) is 21.0. The molecule has 0 saturated heterocycles. The molecule has 0 radical (unpaired) electrons. The van der Waals surface area contributed by atoms with Crippen LogP contribution in [-0.2, 0) is 0 Å².